The second-order valence-corrected chi connectivity index (χ2v) is 7.10. The zero-order chi connectivity index (χ0) is 17.9. The Morgan fingerprint density at radius 1 is 1.12 bits per heavy atom. The predicted molar refractivity (Wildman–Crippen MR) is 96.6 cm³/mol. The van der Waals surface area contributed by atoms with Crippen LogP contribution >= 0.6 is 0 Å². The lowest BCUT2D eigenvalue weighted by Gasteiger charge is -2.37. The van der Waals surface area contributed by atoms with Crippen LogP contribution in [-0.4, -0.2) is 55.6 Å². The van der Waals surface area contributed by atoms with Crippen molar-refractivity contribution < 1.29 is 14.3 Å². The van der Waals surface area contributed by atoms with E-state index >= 15 is 0 Å². The van der Waals surface area contributed by atoms with E-state index in [-0.39, 0.29) is 12.3 Å². The van der Waals surface area contributed by atoms with Crippen molar-refractivity contribution in [2.75, 3.05) is 38.3 Å². The van der Waals surface area contributed by atoms with Crippen LogP contribution in [-0.2, 0) is 9.53 Å². The van der Waals surface area contributed by atoms with Gasteiger partial charge in [0, 0.05) is 38.0 Å². The van der Waals surface area contributed by atoms with Crippen molar-refractivity contribution in [2.24, 2.45) is 5.73 Å². The van der Waals surface area contributed by atoms with Gasteiger partial charge in [-0.2, -0.15) is 0 Å². The molecule has 1 aromatic rings. The number of carbonyl (C=O) groups excluding carboxylic acids is 2. The third-order valence-electron chi connectivity index (χ3n) is 5.34. The summed E-state index contributed by atoms with van der Waals surface area (Å²) < 4.78 is 5.32. The van der Waals surface area contributed by atoms with Crippen LogP contribution in [0, 0.1) is 0 Å². The highest BCUT2D eigenvalue weighted by molar-refractivity contribution is 5.95. The molecule has 1 atom stereocenters. The van der Waals surface area contributed by atoms with Gasteiger partial charge >= 0.3 is 0 Å². The van der Waals surface area contributed by atoms with E-state index in [4.69, 9.17) is 10.5 Å². The average Bonchev–Trinajstić information content (AvgIpc) is 3.24. The average molecular weight is 345 g/mol. The van der Waals surface area contributed by atoms with E-state index in [9.17, 15) is 9.59 Å². The minimum Gasteiger partial charge on any atom is -0.382 e. The lowest BCUT2D eigenvalue weighted by atomic mass is 9.92. The van der Waals surface area contributed by atoms with Crippen LogP contribution < -0.4 is 10.6 Å². The van der Waals surface area contributed by atoms with Gasteiger partial charge in [0.05, 0.1) is 18.6 Å². The molecule has 0 spiro atoms. The van der Waals surface area contributed by atoms with Crippen LogP contribution in [0.25, 0.3) is 0 Å². The third-order valence-corrected chi connectivity index (χ3v) is 5.34. The molecule has 0 radical (unpaired) electrons. The Bertz CT molecular complexity index is 625. The Kier molecular flexibility index (Phi) is 5.27. The number of primary amides is 1. The molecule has 2 saturated heterocycles. The Balaban J connectivity index is 1.79. The summed E-state index contributed by atoms with van der Waals surface area (Å²) in [6.07, 6.45) is 4.18. The van der Waals surface area contributed by atoms with Crippen LogP contribution in [0.15, 0.2) is 24.3 Å². The van der Waals surface area contributed by atoms with Gasteiger partial charge in [-0.1, -0.05) is 0 Å². The molecular formula is C19H27N3O3. The molecule has 0 aliphatic carbocycles. The van der Waals surface area contributed by atoms with Gasteiger partial charge in [0.1, 0.15) is 0 Å². The van der Waals surface area contributed by atoms with Gasteiger partial charge in [0.25, 0.3) is 5.91 Å². The summed E-state index contributed by atoms with van der Waals surface area (Å²) in [5.41, 5.74) is 6.63. The van der Waals surface area contributed by atoms with Crippen LogP contribution in [0.2, 0.25) is 0 Å². The van der Waals surface area contributed by atoms with Crippen LogP contribution in [0.5, 0.6) is 0 Å². The molecule has 2 heterocycles. The van der Waals surface area contributed by atoms with Gasteiger partial charge in [0.2, 0.25) is 5.91 Å². The van der Waals surface area contributed by atoms with Gasteiger partial charge in [-0.05, 0) is 49.9 Å². The summed E-state index contributed by atoms with van der Waals surface area (Å²) >= 11 is 0. The summed E-state index contributed by atoms with van der Waals surface area (Å²) in [6, 6.07) is 7.80. The molecule has 6 nitrogen and oxygen atoms in total. The standard InChI is InChI=1S/C19H27N3O3/c1-25-14-19(13-17(20)23)9-4-12-22(19)18(24)15-5-7-16(8-6-15)21-10-2-3-11-21/h5-8H,2-4,9-14H2,1H3,(H2,20,23)/t19-/m0/s1. The molecule has 2 amide bonds. The normalized spacial score (nSPS) is 23.2. The molecule has 2 N–H and O–H groups in total. The first-order valence-electron chi connectivity index (χ1n) is 9.00. The fraction of sp³-hybridized carbons (Fsp3) is 0.579. The minimum atomic E-state index is -0.620. The van der Waals surface area contributed by atoms with E-state index in [0.29, 0.717) is 18.7 Å². The maximum Gasteiger partial charge on any atom is 0.254 e. The van der Waals surface area contributed by atoms with Gasteiger partial charge in [0.15, 0.2) is 0 Å². The highest BCUT2D eigenvalue weighted by Gasteiger charge is 2.45. The molecule has 136 valence electrons. The van der Waals surface area contributed by atoms with E-state index in [2.05, 4.69) is 4.90 Å². The second-order valence-electron chi connectivity index (χ2n) is 7.10. The summed E-state index contributed by atoms with van der Waals surface area (Å²) in [5, 5.41) is 0. The predicted octanol–water partition coefficient (Wildman–Crippen LogP) is 1.78. The highest BCUT2D eigenvalue weighted by Crippen LogP contribution is 2.34. The van der Waals surface area contributed by atoms with E-state index in [1.807, 2.05) is 24.3 Å². The van der Waals surface area contributed by atoms with Crippen molar-refractivity contribution in [1.82, 2.24) is 4.90 Å². The van der Waals surface area contributed by atoms with E-state index < -0.39 is 11.4 Å². The minimum absolute atomic E-state index is 0.0521. The summed E-state index contributed by atoms with van der Waals surface area (Å²) in [7, 11) is 1.59. The van der Waals surface area contributed by atoms with Crippen LogP contribution in [0.1, 0.15) is 42.5 Å². The first-order chi connectivity index (χ1) is 12.1. The fourth-order valence-corrected chi connectivity index (χ4v) is 4.18. The highest BCUT2D eigenvalue weighted by atomic mass is 16.5. The fourth-order valence-electron chi connectivity index (χ4n) is 4.18. The zero-order valence-corrected chi connectivity index (χ0v) is 14.9. The topological polar surface area (TPSA) is 75.9 Å². The second kappa shape index (κ2) is 7.44. The number of rotatable bonds is 6. The van der Waals surface area contributed by atoms with Crippen LogP contribution in [0.3, 0.4) is 0 Å². The van der Waals surface area contributed by atoms with Crippen molar-refractivity contribution in [2.45, 2.75) is 37.6 Å². The van der Waals surface area contributed by atoms with Gasteiger partial charge < -0.3 is 20.3 Å². The number of ether oxygens (including phenoxy) is 1. The molecule has 1 aromatic carbocycles. The van der Waals surface area contributed by atoms with E-state index in [1.165, 1.54) is 12.8 Å². The summed E-state index contributed by atoms with van der Waals surface area (Å²) in [6.45, 7) is 3.11. The Morgan fingerprint density at radius 3 is 2.40 bits per heavy atom. The van der Waals surface area contributed by atoms with Crippen molar-refractivity contribution in [3.8, 4) is 0 Å². The molecule has 3 rings (SSSR count). The van der Waals surface area contributed by atoms with Gasteiger partial charge in [-0.25, -0.2) is 0 Å². The number of likely N-dealkylation sites (tertiary alicyclic amines) is 1. The van der Waals surface area contributed by atoms with Gasteiger partial charge in [-0.3, -0.25) is 9.59 Å². The maximum atomic E-state index is 13.1. The largest absolute Gasteiger partial charge is 0.382 e. The molecule has 6 heteroatoms. The quantitative estimate of drug-likeness (QED) is 0.853. The molecule has 2 aliphatic rings. The number of anilines is 1. The first kappa shape index (κ1) is 17.7. The molecule has 2 fully saturated rings. The van der Waals surface area contributed by atoms with Crippen molar-refractivity contribution >= 4 is 17.5 Å². The number of hydrogen-bond donors (Lipinski definition) is 1. The smallest absolute Gasteiger partial charge is 0.254 e. The van der Waals surface area contributed by atoms with Crippen molar-refractivity contribution in [1.29, 1.82) is 0 Å². The summed E-state index contributed by atoms with van der Waals surface area (Å²) in [4.78, 5) is 28.7. The lowest BCUT2D eigenvalue weighted by molar-refractivity contribution is -0.121. The SMILES string of the molecule is COC[C@@]1(CC(N)=O)CCCN1C(=O)c1ccc(N2CCCC2)cc1. The molecule has 0 bridgehead atoms. The number of hydrogen-bond acceptors (Lipinski definition) is 4. The number of methoxy groups -OCH3 is 1. The zero-order valence-electron chi connectivity index (χ0n) is 14.9. The van der Waals surface area contributed by atoms with E-state index in [1.54, 1.807) is 12.0 Å². The third kappa shape index (κ3) is 3.63. The van der Waals surface area contributed by atoms with E-state index in [0.717, 1.165) is 31.6 Å². The Hall–Kier alpha value is -2.08. The molecular weight excluding hydrogens is 318 g/mol. The molecule has 2 aliphatic heterocycles. The first-order valence-corrected chi connectivity index (χ1v) is 9.00. The van der Waals surface area contributed by atoms with Crippen molar-refractivity contribution in [3.63, 3.8) is 0 Å². The molecule has 0 unspecified atom stereocenters. The van der Waals surface area contributed by atoms with Crippen LogP contribution in [0.4, 0.5) is 5.69 Å². The van der Waals surface area contributed by atoms with Crippen molar-refractivity contribution in [3.05, 3.63) is 29.8 Å². The number of benzene rings is 1. The lowest BCUT2D eigenvalue weighted by Crippen LogP contribution is -2.52. The molecule has 0 aromatic heterocycles. The summed E-state index contributed by atoms with van der Waals surface area (Å²) in [5.74, 6) is -0.454. The van der Waals surface area contributed by atoms with Gasteiger partial charge in [-0.15, -0.1) is 0 Å². The number of amides is 2. The number of nitrogens with two attached hydrogens (primary N) is 1. The number of nitrogens with zero attached hydrogens (tertiary/aromatic N) is 2. The Morgan fingerprint density at radius 2 is 1.80 bits per heavy atom. The molecule has 0 saturated carbocycles. The Labute approximate surface area is 148 Å². The number of carbonyl (C=O) groups is 2. The monoisotopic (exact) mass is 345 g/mol. The molecule has 25 heavy (non-hydrogen) atoms. The maximum absolute atomic E-state index is 13.1.